The van der Waals surface area contributed by atoms with Crippen molar-refractivity contribution < 1.29 is 0 Å². The second kappa shape index (κ2) is 12.9. The van der Waals surface area contributed by atoms with Gasteiger partial charge in [-0.3, -0.25) is 0 Å². The fourth-order valence-corrected chi connectivity index (χ4v) is 4.42. The lowest BCUT2D eigenvalue weighted by atomic mass is 9.97. The Balaban J connectivity index is 1.33. The van der Waals surface area contributed by atoms with Crippen LogP contribution in [0.15, 0.2) is 170 Å². The summed E-state index contributed by atoms with van der Waals surface area (Å²) in [5.74, 6) is 0. The monoisotopic (exact) mass is 486 g/mol. The summed E-state index contributed by atoms with van der Waals surface area (Å²) in [5.41, 5.74) is 9.60. The molecule has 0 amide bonds. The third-order valence-electron chi connectivity index (χ3n) is 6.38. The van der Waals surface area contributed by atoms with Crippen LogP contribution in [0.3, 0.4) is 0 Å². The van der Waals surface area contributed by atoms with Gasteiger partial charge in [-0.1, -0.05) is 182 Å². The minimum Gasteiger partial charge on any atom is -0.0622 e. The molecule has 0 spiro atoms. The van der Waals surface area contributed by atoms with Crippen LogP contribution in [0.25, 0.3) is 23.3 Å². The van der Waals surface area contributed by atoms with E-state index < -0.39 is 0 Å². The molecule has 0 aliphatic carbocycles. The molecule has 0 heterocycles. The van der Waals surface area contributed by atoms with Gasteiger partial charge in [0.1, 0.15) is 0 Å². The van der Waals surface area contributed by atoms with Crippen LogP contribution in [0.4, 0.5) is 0 Å². The van der Waals surface area contributed by atoms with Crippen molar-refractivity contribution in [2.45, 2.75) is 0 Å². The Morgan fingerprint density at radius 3 is 0.842 bits per heavy atom. The van der Waals surface area contributed by atoms with Crippen molar-refractivity contribution in [2.24, 2.45) is 0 Å². The van der Waals surface area contributed by atoms with Crippen LogP contribution < -0.4 is 0 Å². The molecule has 0 aromatic heterocycles. The van der Waals surface area contributed by atoms with Crippen LogP contribution in [0, 0.1) is 0 Å². The summed E-state index contributed by atoms with van der Waals surface area (Å²) in [4.78, 5) is 0. The third-order valence-corrected chi connectivity index (χ3v) is 6.38. The van der Waals surface area contributed by atoms with Crippen molar-refractivity contribution in [1.29, 1.82) is 0 Å². The maximum Gasteiger partial charge on any atom is -0.0111 e. The molecule has 0 saturated heterocycles. The molecule has 0 radical (unpaired) electrons. The summed E-state index contributed by atoms with van der Waals surface area (Å²) in [5, 5.41) is 0. The van der Waals surface area contributed by atoms with E-state index in [1.807, 2.05) is 0 Å². The average molecular weight is 487 g/mol. The summed E-state index contributed by atoms with van der Waals surface area (Å²) < 4.78 is 0. The fraction of sp³-hybridized carbons (Fsp3) is 0. The van der Waals surface area contributed by atoms with Crippen LogP contribution in [-0.2, 0) is 0 Å². The maximum absolute atomic E-state index is 2.19. The fourth-order valence-electron chi connectivity index (χ4n) is 4.42. The van der Waals surface area contributed by atoms with Gasteiger partial charge in [-0.2, -0.15) is 0 Å². The number of allylic oxidation sites excluding steroid dienone is 4. The first kappa shape index (κ1) is 24.7. The van der Waals surface area contributed by atoms with E-state index in [2.05, 4.69) is 182 Å². The van der Waals surface area contributed by atoms with Crippen LogP contribution in [0.1, 0.15) is 33.4 Å². The van der Waals surface area contributed by atoms with Gasteiger partial charge in [0.15, 0.2) is 0 Å². The molecule has 38 heavy (non-hydrogen) atoms. The van der Waals surface area contributed by atoms with E-state index in [-0.39, 0.29) is 0 Å². The first-order valence-corrected chi connectivity index (χ1v) is 13.0. The molecular formula is C38H30. The molecule has 0 atom stereocenters. The highest BCUT2D eigenvalue weighted by molar-refractivity contribution is 5.82. The molecule has 0 saturated carbocycles. The molecule has 182 valence electrons. The molecule has 0 bridgehead atoms. The first-order chi connectivity index (χ1) is 18.9. The smallest absolute Gasteiger partial charge is 0.0111 e. The zero-order chi connectivity index (χ0) is 25.8. The van der Waals surface area contributed by atoms with Gasteiger partial charge in [0.2, 0.25) is 0 Å². The summed E-state index contributed by atoms with van der Waals surface area (Å²) in [6, 6.07) is 50.8. The molecule has 0 aliphatic rings. The lowest BCUT2D eigenvalue weighted by Crippen LogP contribution is -1.86. The van der Waals surface area contributed by atoms with E-state index in [0.717, 1.165) is 0 Å². The Hall–Kier alpha value is -4.94. The standard InChI is InChI=1S/C38H30/c1-5-17-33(18-6-1)37(34-19-7-2-8-20-34)25-13-15-31-27-29-32(30-28-31)16-14-26-38(35-21-9-3-10-22-35)36-23-11-4-12-24-36/h1-30H. The molecule has 0 unspecified atom stereocenters. The van der Waals surface area contributed by atoms with Gasteiger partial charge < -0.3 is 0 Å². The normalized spacial score (nSPS) is 10.9. The second-order valence-corrected chi connectivity index (χ2v) is 9.01. The Morgan fingerprint density at radius 2 is 0.579 bits per heavy atom. The Kier molecular flexibility index (Phi) is 8.37. The van der Waals surface area contributed by atoms with Crippen LogP contribution in [0.2, 0.25) is 0 Å². The van der Waals surface area contributed by atoms with Crippen molar-refractivity contribution in [1.82, 2.24) is 0 Å². The van der Waals surface area contributed by atoms with E-state index >= 15 is 0 Å². The van der Waals surface area contributed by atoms with Gasteiger partial charge in [0.25, 0.3) is 0 Å². The zero-order valence-electron chi connectivity index (χ0n) is 21.3. The molecule has 0 fully saturated rings. The molecule has 0 heteroatoms. The molecule has 0 nitrogen and oxygen atoms in total. The quantitative estimate of drug-likeness (QED) is 0.191. The summed E-state index contributed by atoms with van der Waals surface area (Å²) in [6.45, 7) is 0. The zero-order valence-corrected chi connectivity index (χ0v) is 21.3. The molecule has 0 aliphatic heterocycles. The minimum absolute atomic E-state index is 1.17. The van der Waals surface area contributed by atoms with Crippen molar-refractivity contribution in [3.8, 4) is 0 Å². The molecule has 5 rings (SSSR count). The molecular weight excluding hydrogens is 456 g/mol. The van der Waals surface area contributed by atoms with E-state index in [1.54, 1.807) is 0 Å². The second-order valence-electron chi connectivity index (χ2n) is 9.01. The van der Waals surface area contributed by atoms with Gasteiger partial charge in [-0.15, -0.1) is 0 Å². The predicted molar refractivity (Wildman–Crippen MR) is 164 cm³/mol. The molecule has 0 N–H and O–H groups in total. The van der Waals surface area contributed by atoms with Gasteiger partial charge >= 0.3 is 0 Å². The summed E-state index contributed by atoms with van der Waals surface area (Å²) in [6.07, 6.45) is 13.0. The molecule has 5 aromatic carbocycles. The van der Waals surface area contributed by atoms with Crippen LogP contribution >= 0.6 is 0 Å². The Bertz CT molecular complexity index is 1330. The van der Waals surface area contributed by atoms with E-state index in [0.29, 0.717) is 0 Å². The highest BCUT2D eigenvalue weighted by Crippen LogP contribution is 2.25. The van der Waals surface area contributed by atoms with Gasteiger partial charge in [0.05, 0.1) is 0 Å². The van der Waals surface area contributed by atoms with E-state index in [4.69, 9.17) is 0 Å². The maximum atomic E-state index is 2.19. The van der Waals surface area contributed by atoms with Crippen molar-refractivity contribution in [3.63, 3.8) is 0 Å². The number of hydrogen-bond acceptors (Lipinski definition) is 0. The number of hydrogen-bond donors (Lipinski definition) is 0. The summed E-state index contributed by atoms with van der Waals surface area (Å²) in [7, 11) is 0. The Labute approximate surface area is 226 Å². The predicted octanol–water partition coefficient (Wildman–Crippen LogP) is 9.98. The minimum atomic E-state index is 1.17. The molecule has 5 aromatic rings. The Morgan fingerprint density at radius 1 is 0.316 bits per heavy atom. The van der Waals surface area contributed by atoms with Gasteiger partial charge in [0, 0.05) is 0 Å². The third kappa shape index (κ3) is 6.63. The largest absolute Gasteiger partial charge is 0.0622 e. The van der Waals surface area contributed by atoms with E-state index in [1.165, 1.54) is 44.5 Å². The van der Waals surface area contributed by atoms with Gasteiger partial charge in [-0.05, 0) is 44.5 Å². The average Bonchev–Trinajstić information content (AvgIpc) is 3.00. The number of rotatable bonds is 8. The van der Waals surface area contributed by atoms with Crippen molar-refractivity contribution in [3.05, 3.63) is 203 Å². The SMILES string of the molecule is C(=Cc1ccc(C=CC=C(c2ccccc2)c2ccccc2)cc1)C=C(c1ccccc1)c1ccccc1. The first-order valence-electron chi connectivity index (χ1n) is 13.0. The highest BCUT2D eigenvalue weighted by Gasteiger charge is 2.04. The topological polar surface area (TPSA) is 0 Å². The van der Waals surface area contributed by atoms with Crippen LogP contribution in [0.5, 0.6) is 0 Å². The summed E-state index contributed by atoms with van der Waals surface area (Å²) >= 11 is 0. The van der Waals surface area contributed by atoms with Crippen molar-refractivity contribution >= 4 is 23.3 Å². The van der Waals surface area contributed by atoms with Gasteiger partial charge in [-0.25, -0.2) is 0 Å². The lowest BCUT2D eigenvalue weighted by Gasteiger charge is -2.07. The van der Waals surface area contributed by atoms with Crippen molar-refractivity contribution in [2.75, 3.05) is 0 Å². The van der Waals surface area contributed by atoms with Crippen LogP contribution in [-0.4, -0.2) is 0 Å². The highest BCUT2D eigenvalue weighted by atomic mass is 14.1. The lowest BCUT2D eigenvalue weighted by molar-refractivity contribution is 1.54. The van der Waals surface area contributed by atoms with E-state index in [9.17, 15) is 0 Å². The number of benzene rings is 5.